The van der Waals surface area contributed by atoms with Gasteiger partial charge in [0, 0.05) is 24.7 Å². The lowest BCUT2D eigenvalue weighted by Crippen LogP contribution is -2.32. The van der Waals surface area contributed by atoms with Gasteiger partial charge in [0.2, 0.25) is 0 Å². The van der Waals surface area contributed by atoms with Gasteiger partial charge in [0.15, 0.2) is 0 Å². The third-order valence-electron chi connectivity index (χ3n) is 4.99. The minimum absolute atomic E-state index is 0.0749. The second-order valence-electron chi connectivity index (χ2n) is 7.33. The largest absolute Gasteiger partial charge is 0.484 e. The molecule has 1 atom stereocenters. The molecule has 1 aliphatic carbocycles. The van der Waals surface area contributed by atoms with Crippen molar-refractivity contribution in [2.75, 3.05) is 19.6 Å². The van der Waals surface area contributed by atoms with Crippen LogP contribution in [-0.4, -0.2) is 46.7 Å². The van der Waals surface area contributed by atoms with Crippen molar-refractivity contribution < 1.29 is 24.5 Å². The number of hydrogen-bond acceptors (Lipinski definition) is 4. The van der Waals surface area contributed by atoms with Gasteiger partial charge < -0.3 is 14.9 Å². The van der Waals surface area contributed by atoms with Gasteiger partial charge in [-0.25, -0.2) is 9.59 Å². The highest BCUT2D eigenvalue weighted by atomic mass is 35.5. The Kier molecular flexibility index (Phi) is 7.12. The predicted molar refractivity (Wildman–Crippen MR) is 109 cm³/mol. The monoisotopic (exact) mass is 417 g/mol. The maximum atomic E-state index is 9.10. The molecule has 2 aromatic carbocycles. The second kappa shape index (κ2) is 9.76. The van der Waals surface area contributed by atoms with E-state index in [1.807, 2.05) is 24.3 Å². The minimum Gasteiger partial charge on any atom is -0.484 e. The van der Waals surface area contributed by atoms with Crippen LogP contribution in [-0.2, 0) is 16.0 Å². The Balaban J connectivity index is 0.000000353. The molecule has 2 N–H and O–H groups in total. The standard InChI is InChI=1S/C20H22ClNO.C2H2O4/c21-17-5-3-6-18(12-17)23-20-14-22(13-15-8-9-15)11-10-16-4-1-2-7-19(16)20;3-1(4)2(5)6/h1-7,12,15,20H,8-11,13-14H2;(H,3,4)(H,5,6). The molecular formula is C22H24ClNO5. The number of aliphatic carboxylic acids is 2. The Hall–Kier alpha value is -2.57. The van der Waals surface area contributed by atoms with E-state index in [9.17, 15) is 0 Å². The van der Waals surface area contributed by atoms with Crippen LogP contribution in [0, 0.1) is 5.92 Å². The van der Waals surface area contributed by atoms with Gasteiger partial charge in [0.1, 0.15) is 11.9 Å². The molecule has 2 aliphatic rings. The normalized spacial score (nSPS) is 18.6. The summed E-state index contributed by atoms with van der Waals surface area (Å²) in [7, 11) is 0. The molecule has 1 fully saturated rings. The summed E-state index contributed by atoms with van der Waals surface area (Å²) >= 11 is 6.11. The molecule has 154 valence electrons. The van der Waals surface area contributed by atoms with Gasteiger partial charge in [0.05, 0.1) is 0 Å². The fraction of sp³-hybridized carbons (Fsp3) is 0.364. The zero-order chi connectivity index (χ0) is 20.8. The highest BCUT2D eigenvalue weighted by molar-refractivity contribution is 6.30. The third kappa shape index (κ3) is 6.48. The fourth-order valence-electron chi connectivity index (χ4n) is 3.42. The zero-order valence-electron chi connectivity index (χ0n) is 16.0. The van der Waals surface area contributed by atoms with Gasteiger partial charge in [-0.15, -0.1) is 0 Å². The number of hydrogen-bond donors (Lipinski definition) is 2. The van der Waals surface area contributed by atoms with E-state index in [1.54, 1.807) is 0 Å². The van der Waals surface area contributed by atoms with Crippen molar-refractivity contribution in [1.29, 1.82) is 0 Å². The molecule has 1 aliphatic heterocycles. The lowest BCUT2D eigenvalue weighted by molar-refractivity contribution is -0.159. The number of rotatable bonds is 4. The molecule has 1 heterocycles. The molecule has 29 heavy (non-hydrogen) atoms. The van der Waals surface area contributed by atoms with E-state index in [1.165, 1.54) is 30.5 Å². The minimum atomic E-state index is -1.82. The number of benzene rings is 2. The smallest absolute Gasteiger partial charge is 0.414 e. The number of carboxylic acids is 2. The zero-order valence-corrected chi connectivity index (χ0v) is 16.7. The number of halogens is 1. The van der Waals surface area contributed by atoms with Crippen LogP contribution in [0.4, 0.5) is 0 Å². The topological polar surface area (TPSA) is 87.1 Å². The Morgan fingerprint density at radius 2 is 1.79 bits per heavy atom. The van der Waals surface area contributed by atoms with Crippen LogP contribution >= 0.6 is 11.6 Å². The van der Waals surface area contributed by atoms with Gasteiger partial charge >= 0.3 is 11.9 Å². The summed E-state index contributed by atoms with van der Waals surface area (Å²) in [6, 6.07) is 16.4. The quantitative estimate of drug-likeness (QED) is 0.734. The van der Waals surface area contributed by atoms with E-state index >= 15 is 0 Å². The first-order valence-corrected chi connectivity index (χ1v) is 9.98. The molecular weight excluding hydrogens is 394 g/mol. The van der Waals surface area contributed by atoms with Crippen molar-refractivity contribution in [3.8, 4) is 5.75 Å². The number of nitrogens with zero attached hydrogens (tertiary/aromatic N) is 1. The summed E-state index contributed by atoms with van der Waals surface area (Å²) in [5.74, 6) is -1.89. The third-order valence-corrected chi connectivity index (χ3v) is 5.23. The predicted octanol–water partition coefficient (Wildman–Crippen LogP) is 3.88. The van der Waals surface area contributed by atoms with Crippen LogP contribution in [0.5, 0.6) is 5.75 Å². The van der Waals surface area contributed by atoms with Crippen molar-refractivity contribution in [3.05, 3.63) is 64.7 Å². The Morgan fingerprint density at radius 1 is 1.07 bits per heavy atom. The first-order valence-electron chi connectivity index (χ1n) is 9.61. The summed E-state index contributed by atoms with van der Waals surface area (Å²) in [6.45, 7) is 3.30. The van der Waals surface area contributed by atoms with Crippen LogP contribution in [0.3, 0.4) is 0 Å². The average molecular weight is 418 g/mol. The molecule has 1 unspecified atom stereocenters. The number of ether oxygens (including phenoxy) is 1. The molecule has 4 rings (SSSR count). The van der Waals surface area contributed by atoms with Gasteiger partial charge in [0.25, 0.3) is 0 Å². The lowest BCUT2D eigenvalue weighted by Gasteiger charge is -2.25. The first kappa shape index (κ1) is 21.1. The number of carboxylic acid groups (broad SMARTS) is 2. The summed E-state index contributed by atoms with van der Waals surface area (Å²) in [5, 5.41) is 15.5. The van der Waals surface area contributed by atoms with Gasteiger partial charge in [-0.1, -0.05) is 41.9 Å². The van der Waals surface area contributed by atoms with Crippen molar-refractivity contribution in [1.82, 2.24) is 4.90 Å². The molecule has 0 aromatic heterocycles. The van der Waals surface area contributed by atoms with E-state index in [0.717, 1.165) is 36.2 Å². The summed E-state index contributed by atoms with van der Waals surface area (Å²) < 4.78 is 6.35. The fourth-order valence-corrected chi connectivity index (χ4v) is 3.60. The molecule has 0 saturated heterocycles. The summed E-state index contributed by atoms with van der Waals surface area (Å²) in [4.78, 5) is 20.8. The molecule has 0 amide bonds. The SMILES string of the molecule is Clc1cccc(OC2CN(CC3CC3)CCc3ccccc32)c1.O=C(O)C(=O)O. The van der Waals surface area contributed by atoms with E-state index in [4.69, 9.17) is 36.1 Å². The van der Waals surface area contributed by atoms with Gasteiger partial charge in [-0.3, -0.25) is 4.90 Å². The Bertz CT molecular complexity index is 856. The van der Waals surface area contributed by atoms with E-state index < -0.39 is 11.9 Å². The van der Waals surface area contributed by atoms with E-state index in [-0.39, 0.29) is 6.10 Å². The molecule has 1 saturated carbocycles. The van der Waals surface area contributed by atoms with Crippen LogP contribution < -0.4 is 4.74 Å². The van der Waals surface area contributed by atoms with Crippen molar-refractivity contribution in [3.63, 3.8) is 0 Å². The van der Waals surface area contributed by atoms with E-state index in [0.29, 0.717) is 0 Å². The van der Waals surface area contributed by atoms with Crippen LogP contribution in [0.15, 0.2) is 48.5 Å². The van der Waals surface area contributed by atoms with Crippen LogP contribution in [0.25, 0.3) is 0 Å². The van der Waals surface area contributed by atoms with Crippen LogP contribution in [0.1, 0.15) is 30.1 Å². The second-order valence-corrected chi connectivity index (χ2v) is 7.76. The molecule has 7 heteroatoms. The maximum Gasteiger partial charge on any atom is 0.414 e. The number of carbonyl (C=O) groups is 2. The molecule has 2 aromatic rings. The van der Waals surface area contributed by atoms with Crippen molar-refractivity contribution in [2.45, 2.75) is 25.4 Å². The highest BCUT2D eigenvalue weighted by Gasteiger charge is 2.29. The molecule has 0 spiro atoms. The van der Waals surface area contributed by atoms with Crippen molar-refractivity contribution >= 4 is 23.5 Å². The lowest BCUT2D eigenvalue weighted by atomic mass is 10.0. The first-order chi connectivity index (χ1) is 13.9. The summed E-state index contributed by atoms with van der Waals surface area (Å²) in [5.41, 5.74) is 2.74. The van der Waals surface area contributed by atoms with Gasteiger partial charge in [-0.2, -0.15) is 0 Å². The van der Waals surface area contributed by atoms with Gasteiger partial charge in [-0.05, 0) is 54.5 Å². The number of fused-ring (bicyclic) bond motifs is 1. The van der Waals surface area contributed by atoms with Crippen molar-refractivity contribution in [2.24, 2.45) is 5.92 Å². The highest BCUT2D eigenvalue weighted by Crippen LogP contribution is 2.33. The molecule has 0 bridgehead atoms. The summed E-state index contributed by atoms with van der Waals surface area (Å²) in [6.07, 6.45) is 3.97. The Morgan fingerprint density at radius 3 is 2.45 bits per heavy atom. The van der Waals surface area contributed by atoms with E-state index in [2.05, 4.69) is 29.2 Å². The maximum absolute atomic E-state index is 9.10. The molecule has 0 radical (unpaired) electrons. The van der Waals surface area contributed by atoms with Crippen LogP contribution in [0.2, 0.25) is 5.02 Å². The molecule has 6 nitrogen and oxygen atoms in total. The Labute approximate surface area is 174 Å². The average Bonchev–Trinajstić information content (AvgIpc) is 3.51.